The normalized spacial score (nSPS) is 12.0. The van der Waals surface area contributed by atoms with E-state index in [0.717, 1.165) is 35.7 Å². The molecule has 1 heterocycles. The van der Waals surface area contributed by atoms with Gasteiger partial charge in [0.2, 0.25) is 0 Å². The summed E-state index contributed by atoms with van der Waals surface area (Å²) in [5, 5.41) is 7.78. The highest BCUT2D eigenvalue weighted by molar-refractivity contribution is 7.90. The average molecular weight is 440 g/mol. The first-order valence-corrected chi connectivity index (χ1v) is 12.1. The van der Waals surface area contributed by atoms with Crippen LogP contribution in [0.25, 0.3) is 5.69 Å². The Morgan fingerprint density at radius 3 is 2.45 bits per heavy atom. The Balaban J connectivity index is 1.61. The van der Waals surface area contributed by atoms with Crippen LogP contribution in [0.2, 0.25) is 0 Å². The van der Waals surface area contributed by atoms with Gasteiger partial charge in [-0.1, -0.05) is 30.3 Å². The van der Waals surface area contributed by atoms with Crippen molar-refractivity contribution in [2.45, 2.75) is 24.8 Å². The highest BCUT2D eigenvalue weighted by Gasteiger charge is 2.09. The van der Waals surface area contributed by atoms with Crippen molar-refractivity contribution >= 4 is 15.8 Å². The lowest BCUT2D eigenvalue weighted by molar-refractivity contribution is 0.477. The second kappa shape index (κ2) is 10.3. The van der Waals surface area contributed by atoms with E-state index in [1.807, 2.05) is 73.5 Å². The first-order chi connectivity index (χ1) is 14.9. The van der Waals surface area contributed by atoms with Gasteiger partial charge in [-0.15, -0.1) is 0 Å². The van der Waals surface area contributed by atoms with E-state index in [1.165, 1.54) is 6.26 Å². The molecule has 0 bridgehead atoms. The fourth-order valence-electron chi connectivity index (χ4n) is 3.18. The molecule has 1 N–H and O–H groups in total. The first kappa shape index (κ1) is 22.6. The van der Waals surface area contributed by atoms with Crippen LogP contribution < -0.4 is 5.32 Å². The molecule has 0 radical (unpaired) electrons. The fraction of sp³-hybridized carbons (Fsp3) is 0.304. The van der Waals surface area contributed by atoms with Crippen LogP contribution in [0.5, 0.6) is 0 Å². The summed E-state index contributed by atoms with van der Waals surface area (Å²) in [5.41, 5.74) is 3.17. The van der Waals surface area contributed by atoms with Crippen molar-refractivity contribution in [2.75, 3.05) is 26.4 Å². The number of benzene rings is 2. The van der Waals surface area contributed by atoms with E-state index in [-0.39, 0.29) is 0 Å². The molecular formula is C23H29N5O2S. The fourth-order valence-corrected chi connectivity index (χ4v) is 3.81. The van der Waals surface area contributed by atoms with Crippen LogP contribution in [0.1, 0.15) is 18.1 Å². The number of nitrogens with zero attached hydrogens (tertiary/aromatic N) is 4. The maximum absolute atomic E-state index is 11.6. The lowest BCUT2D eigenvalue weighted by atomic mass is 10.1. The van der Waals surface area contributed by atoms with Gasteiger partial charge in [-0.2, -0.15) is 5.10 Å². The molecule has 0 fully saturated rings. The van der Waals surface area contributed by atoms with Gasteiger partial charge in [0.05, 0.1) is 16.8 Å². The van der Waals surface area contributed by atoms with E-state index in [2.05, 4.69) is 15.3 Å². The lowest BCUT2D eigenvalue weighted by Crippen LogP contribution is -2.38. The molecule has 164 valence electrons. The molecule has 0 aliphatic heterocycles. The summed E-state index contributed by atoms with van der Waals surface area (Å²) in [5.74, 6) is 0.822. The Kier molecular flexibility index (Phi) is 7.46. The quantitative estimate of drug-likeness (QED) is 0.431. The molecule has 3 aromatic rings. The zero-order valence-corrected chi connectivity index (χ0v) is 19.0. The minimum Gasteiger partial charge on any atom is -0.357 e. The highest BCUT2D eigenvalue weighted by Crippen LogP contribution is 2.12. The van der Waals surface area contributed by atoms with Crippen LogP contribution in [-0.2, 0) is 22.8 Å². The summed E-state index contributed by atoms with van der Waals surface area (Å²) < 4.78 is 25.0. The molecule has 0 aliphatic rings. The van der Waals surface area contributed by atoms with E-state index in [9.17, 15) is 8.42 Å². The Bertz CT molecular complexity index is 1110. The lowest BCUT2D eigenvalue weighted by Gasteiger charge is -2.21. The summed E-state index contributed by atoms with van der Waals surface area (Å²) in [6.45, 7) is 4.10. The molecule has 0 saturated heterocycles. The Morgan fingerprint density at radius 2 is 1.81 bits per heavy atom. The number of hydrogen-bond acceptors (Lipinski definition) is 4. The molecule has 1 aromatic heterocycles. The molecule has 0 amide bonds. The summed E-state index contributed by atoms with van der Waals surface area (Å²) in [7, 11) is -1.17. The highest BCUT2D eigenvalue weighted by atomic mass is 32.2. The average Bonchev–Trinajstić information content (AvgIpc) is 3.22. The monoisotopic (exact) mass is 439 g/mol. The molecule has 0 saturated carbocycles. The van der Waals surface area contributed by atoms with Gasteiger partial charge in [-0.25, -0.2) is 13.1 Å². The first-order valence-electron chi connectivity index (χ1n) is 10.2. The van der Waals surface area contributed by atoms with Crippen LogP contribution in [-0.4, -0.2) is 55.5 Å². The molecule has 0 unspecified atom stereocenters. The minimum absolute atomic E-state index is 0.337. The van der Waals surface area contributed by atoms with Crippen LogP contribution >= 0.6 is 0 Å². The number of sulfone groups is 1. The van der Waals surface area contributed by atoms with Gasteiger partial charge in [-0.3, -0.25) is 4.99 Å². The number of rotatable bonds is 8. The summed E-state index contributed by atoms with van der Waals surface area (Å²) in [6.07, 6.45) is 5.85. The molecule has 31 heavy (non-hydrogen) atoms. The van der Waals surface area contributed by atoms with E-state index < -0.39 is 9.84 Å². The van der Waals surface area contributed by atoms with E-state index in [4.69, 9.17) is 4.99 Å². The molecule has 0 aliphatic carbocycles. The molecule has 3 rings (SSSR count). The van der Waals surface area contributed by atoms with E-state index in [1.54, 1.807) is 12.1 Å². The Morgan fingerprint density at radius 1 is 1.10 bits per heavy atom. The second-order valence-electron chi connectivity index (χ2n) is 7.39. The smallest absolute Gasteiger partial charge is 0.193 e. The van der Waals surface area contributed by atoms with Crippen molar-refractivity contribution in [3.63, 3.8) is 0 Å². The number of hydrogen-bond donors (Lipinski definition) is 1. The molecule has 0 atom stereocenters. The van der Waals surface area contributed by atoms with Crippen molar-refractivity contribution < 1.29 is 8.42 Å². The van der Waals surface area contributed by atoms with Gasteiger partial charge in [0.15, 0.2) is 15.8 Å². The SMILES string of the molecule is CCNC(=NCCc1ccc(S(C)(=O)=O)cc1)N(C)Cc1cnn(-c2ccccc2)c1. The van der Waals surface area contributed by atoms with Gasteiger partial charge in [0.1, 0.15) is 0 Å². The van der Waals surface area contributed by atoms with Crippen molar-refractivity contribution in [1.82, 2.24) is 20.0 Å². The van der Waals surface area contributed by atoms with Gasteiger partial charge in [0.25, 0.3) is 0 Å². The van der Waals surface area contributed by atoms with Crippen LogP contribution in [0, 0.1) is 0 Å². The Hall–Kier alpha value is -3.13. The zero-order chi connectivity index (χ0) is 22.3. The molecule has 2 aromatic carbocycles. The number of guanidine groups is 1. The molecule has 0 spiro atoms. The van der Waals surface area contributed by atoms with E-state index in [0.29, 0.717) is 18.0 Å². The van der Waals surface area contributed by atoms with Crippen LogP contribution in [0.4, 0.5) is 0 Å². The second-order valence-corrected chi connectivity index (χ2v) is 9.40. The minimum atomic E-state index is -3.17. The van der Waals surface area contributed by atoms with Gasteiger partial charge < -0.3 is 10.2 Å². The van der Waals surface area contributed by atoms with E-state index >= 15 is 0 Å². The number of nitrogens with one attached hydrogen (secondary N) is 1. The predicted octanol–water partition coefficient (Wildman–Crippen LogP) is 2.92. The topological polar surface area (TPSA) is 79.6 Å². The standard InChI is InChI=1S/C23H29N5O2S/c1-4-24-23(25-15-14-19-10-12-22(13-11-19)31(3,29)30)27(2)17-20-16-26-28(18-20)21-8-6-5-7-9-21/h5-13,16,18H,4,14-15,17H2,1-3H3,(H,24,25). The maximum Gasteiger partial charge on any atom is 0.193 e. The Labute approximate surface area is 184 Å². The molecule has 7 nitrogen and oxygen atoms in total. The van der Waals surface area contributed by atoms with Crippen LogP contribution in [0.15, 0.2) is 76.9 Å². The summed E-state index contributed by atoms with van der Waals surface area (Å²) in [4.78, 5) is 7.14. The third kappa shape index (κ3) is 6.42. The summed E-state index contributed by atoms with van der Waals surface area (Å²) >= 11 is 0. The number of para-hydroxylation sites is 1. The summed E-state index contributed by atoms with van der Waals surface area (Å²) in [6, 6.07) is 17.0. The third-order valence-electron chi connectivity index (χ3n) is 4.79. The number of aliphatic imine (C=N–C) groups is 1. The van der Waals surface area contributed by atoms with Gasteiger partial charge >= 0.3 is 0 Å². The number of aromatic nitrogens is 2. The van der Waals surface area contributed by atoms with Crippen molar-refractivity contribution in [3.8, 4) is 5.69 Å². The third-order valence-corrected chi connectivity index (χ3v) is 5.92. The molecular weight excluding hydrogens is 410 g/mol. The maximum atomic E-state index is 11.6. The predicted molar refractivity (Wildman–Crippen MR) is 124 cm³/mol. The van der Waals surface area contributed by atoms with Crippen molar-refractivity contribution in [1.29, 1.82) is 0 Å². The zero-order valence-electron chi connectivity index (χ0n) is 18.2. The largest absolute Gasteiger partial charge is 0.357 e. The van der Waals surface area contributed by atoms with Crippen molar-refractivity contribution in [2.24, 2.45) is 4.99 Å². The van der Waals surface area contributed by atoms with Gasteiger partial charge in [-0.05, 0) is 43.2 Å². The molecule has 8 heteroatoms. The van der Waals surface area contributed by atoms with Gasteiger partial charge in [0, 0.05) is 44.7 Å². The van der Waals surface area contributed by atoms with Crippen LogP contribution in [0.3, 0.4) is 0 Å². The van der Waals surface area contributed by atoms with Crippen molar-refractivity contribution in [3.05, 3.63) is 78.1 Å².